The molecule has 0 aliphatic rings. The highest BCUT2D eigenvalue weighted by Crippen LogP contribution is 2.38. The Morgan fingerprint density at radius 3 is 2.10 bits per heavy atom. The fraction of sp³-hybridized carbons (Fsp3) is 0.471. The topological polar surface area (TPSA) is 59.8 Å². The number of aromatic nitrogens is 1. The Morgan fingerprint density at radius 1 is 1.07 bits per heavy atom. The normalized spacial score (nSPS) is 12.0. The average molecular weight is 477 g/mol. The lowest BCUT2D eigenvalue weighted by molar-refractivity contribution is -0.142. The van der Waals surface area contributed by atoms with E-state index in [1.807, 2.05) is 0 Å². The van der Waals surface area contributed by atoms with Gasteiger partial charge in [0.05, 0.1) is 35.5 Å². The van der Waals surface area contributed by atoms with E-state index in [0.29, 0.717) is 26.3 Å². The van der Waals surface area contributed by atoms with Crippen LogP contribution in [0, 0.1) is 0 Å². The van der Waals surface area contributed by atoms with Crippen molar-refractivity contribution in [3.05, 3.63) is 38.7 Å². The molecule has 2 rings (SSSR count). The highest BCUT2D eigenvalue weighted by atomic mass is 35.5. The van der Waals surface area contributed by atoms with E-state index in [0.717, 1.165) is 0 Å². The Balaban J connectivity index is 2.32. The van der Waals surface area contributed by atoms with Gasteiger partial charge in [-0.1, -0.05) is 34.8 Å². The van der Waals surface area contributed by atoms with Crippen molar-refractivity contribution >= 4 is 46.5 Å². The van der Waals surface area contributed by atoms with Crippen LogP contribution in [0.1, 0.15) is 11.5 Å². The Bertz CT molecular complexity index is 787. The van der Waals surface area contributed by atoms with Crippen LogP contribution in [-0.4, -0.2) is 50.4 Å². The molecule has 0 aliphatic heterocycles. The van der Waals surface area contributed by atoms with Crippen LogP contribution in [0.15, 0.2) is 16.5 Å². The van der Waals surface area contributed by atoms with E-state index in [1.165, 1.54) is 26.4 Å². The molecule has 29 heavy (non-hydrogen) atoms. The maximum Gasteiger partial charge on any atom is 0.436 e. The molecule has 0 fully saturated rings. The molecule has 162 valence electrons. The van der Waals surface area contributed by atoms with E-state index in [9.17, 15) is 13.2 Å². The first-order chi connectivity index (χ1) is 13.7. The highest BCUT2D eigenvalue weighted by molar-refractivity contribution is 6.41. The molecule has 0 bridgehead atoms. The molecular formula is C17H19Cl3F3N3O3. The van der Waals surface area contributed by atoms with Crippen molar-refractivity contribution in [2.75, 3.05) is 45.8 Å². The molecule has 0 atom stereocenters. The first kappa shape index (κ1) is 24.0. The van der Waals surface area contributed by atoms with Crippen LogP contribution in [0.3, 0.4) is 0 Å². The smallest absolute Gasteiger partial charge is 0.426 e. The van der Waals surface area contributed by atoms with Crippen molar-refractivity contribution < 1.29 is 27.1 Å². The summed E-state index contributed by atoms with van der Waals surface area (Å²) in [7, 11) is 3.01. The number of alkyl halides is 3. The number of hydrogen-bond donors (Lipinski definition) is 1. The molecule has 1 aromatic heterocycles. The summed E-state index contributed by atoms with van der Waals surface area (Å²) in [5.74, 6) is -0.353. The van der Waals surface area contributed by atoms with E-state index in [1.54, 1.807) is 4.90 Å². The Labute approximate surface area is 180 Å². The minimum atomic E-state index is -4.71. The number of rotatable bonds is 10. The van der Waals surface area contributed by atoms with Gasteiger partial charge in [0.1, 0.15) is 0 Å². The molecule has 2 aromatic rings. The van der Waals surface area contributed by atoms with Gasteiger partial charge in [0, 0.05) is 32.3 Å². The highest BCUT2D eigenvalue weighted by Gasteiger charge is 2.39. The molecule has 0 saturated carbocycles. The van der Waals surface area contributed by atoms with Crippen LogP contribution < -0.4 is 5.32 Å². The maximum atomic E-state index is 13.5. The molecule has 0 unspecified atom stereocenters. The number of ether oxygens (including phenoxy) is 2. The lowest BCUT2D eigenvalue weighted by atomic mass is 10.3. The van der Waals surface area contributed by atoms with Gasteiger partial charge in [-0.25, -0.2) is 0 Å². The lowest BCUT2D eigenvalue weighted by Gasteiger charge is -2.20. The van der Waals surface area contributed by atoms with E-state index in [-0.39, 0.29) is 33.1 Å². The van der Waals surface area contributed by atoms with Crippen molar-refractivity contribution in [1.82, 2.24) is 9.88 Å². The lowest BCUT2D eigenvalue weighted by Crippen LogP contribution is -2.31. The number of benzene rings is 1. The monoisotopic (exact) mass is 475 g/mol. The van der Waals surface area contributed by atoms with Crippen LogP contribution in [-0.2, 0) is 22.2 Å². The second kappa shape index (κ2) is 10.7. The minimum absolute atomic E-state index is 0.109. The predicted octanol–water partition coefficient (Wildman–Crippen LogP) is 5.49. The van der Waals surface area contributed by atoms with E-state index in [2.05, 4.69) is 10.3 Å². The SMILES string of the molecule is COCCN(CCOC)Cc1oc(Nc2c(Cl)cc(Cl)cc2Cl)nc1C(F)(F)F. The summed E-state index contributed by atoms with van der Waals surface area (Å²) in [6.07, 6.45) is -4.71. The number of halogens is 6. The van der Waals surface area contributed by atoms with Gasteiger partial charge in [-0.3, -0.25) is 4.90 Å². The third kappa shape index (κ3) is 6.91. The van der Waals surface area contributed by atoms with Crippen molar-refractivity contribution in [2.24, 2.45) is 0 Å². The first-order valence-corrected chi connectivity index (χ1v) is 9.47. The fourth-order valence-electron chi connectivity index (χ4n) is 2.42. The van der Waals surface area contributed by atoms with Gasteiger partial charge in [-0.2, -0.15) is 18.2 Å². The van der Waals surface area contributed by atoms with Gasteiger partial charge in [-0.15, -0.1) is 0 Å². The molecule has 0 aliphatic carbocycles. The first-order valence-electron chi connectivity index (χ1n) is 8.34. The summed E-state index contributed by atoms with van der Waals surface area (Å²) >= 11 is 18.0. The Kier molecular flexibility index (Phi) is 8.87. The minimum Gasteiger partial charge on any atom is -0.426 e. The summed E-state index contributed by atoms with van der Waals surface area (Å²) in [4.78, 5) is 5.26. The summed E-state index contributed by atoms with van der Waals surface area (Å²) in [5, 5.41) is 3.09. The summed E-state index contributed by atoms with van der Waals surface area (Å²) in [6, 6.07) is 2.39. The van der Waals surface area contributed by atoms with Gasteiger partial charge in [0.25, 0.3) is 6.01 Å². The molecule has 0 amide bonds. The second-order valence-electron chi connectivity index (χ2n) is 5.92. The predicted molar refractivity (Wildman–Crippen MR) is 105 cm³/mol. The zero-order valence-electron chi connectivity index (χ0n) is 15.6. The van der Waals surface area contributed by atoms with E-state index in [4.69, 9.17) is 48.7 Å². The van der Waals surface area contributed by atoms with Crippen molar-refractivity contribution in [3.63, 3.8) is 0 Å². The van der Waals surface area contributed by atoms with E-state index >= 15 is 0 Å². The summed E-state index contributed by atoms with van der Waals surface area (Å²) in [6.45, 7) is 1.30. The third-order valence-corrected chi connectivity index (χ3v) is 4.61. The van der Waals surface area contributed by atoms with Crippen molar-refractivity contribution in [1.29, 1.82) is 0 Å². The molecule has 0 spiro atoms. The molecule has 6 nitrogen and oxygen atoms in total. The number of nitrogens with one attached hydrogen (secondary N) is 1. The van der Waals surface area contributed by atoms with Crippen LogP contribution in [0.2, 0.25) is 15.1 Å². The van der Waals surface area contributed by atoms with Crippen LogP contribution >= 0.6 is 34.8 Å². The third-order valence-electron chi connectivity index (χ3n) is 3.80. The number of nitrogens with zero attached hydrogens (tertiary/aromatic N) is 2. The maximum absolute atomic E-state index is 13.5. The average Bonchev–Trinajstić information content (AvgIpc) is 3.03. The van der Waals surface area contributed by atoms with Gasteiger partial charge >= 0.3 is 6.18 Å². The van der Waals surface area contributed by atoms with Gasteiger partial charge in [-0.05, 0) is 12.1 Å². The molecule has 1 heterocycles. The van der Waals surface area contributed by atoms with Crippen molar-refractivity contribution in [2.45, 2.75) is 12.7 Å². The van der Waals surface area contributed by atoms with Crippen LogP contribution in [0.4, 0.5) is 24.9 Å². The molecule has 0 saturated heterocycles. The number of hydrogen-bond acceptors (Lipinski definition) is 6. The van der Waals surface area contributed by atoms with Gasteiger partial charge in [0.2, 0.25) is 0 Å². The van der Waals surface area contributed by atoms with Gasteiger partial charge < -0.3 is 19.2 Å². The standard InChI is InChI=1S/C17H19Cl3F3N3O3/c1-27-5-3-26(4-6-28-2)9-13-15(17(21,22)23)25-16(29-13)24-14-11(19)7-10(18)8-12(14)20/h7-8H,3-6,9H2,1-2H3,(H,24,25). The molecule has 1 aromatic carbocycles. The Morgan fingerprint density at radius 2 is 1.62 bits per heavy atom. The number of methoxy groups -OCH3 is 2. The molecule has 0 radical (unpaired) electrons. The van der Waals surface area contributed by atoms with E-state index < -0.39 is 17.9 Å². The molecule has 12 heteroatoms. The number of anilines is 2. The Hall–Kier alpha value is -1.23. The molecule has 1 N–H and O–H groups in total. The summed E-state index contributed by atoms with van der Waals surface area (Å²) < 4.78 is 55.8. The van der Waals surface area contributed by atoms with Crippen LogP contribution in [0.5, 0.6) is 0 Å². The zero-order chi connectivity index (χ0) is 21.6. The van der Waals surface area contributed by atoms with Gasteiger partial charge in [0.15, 0.2) is 11.5 Å². The van der Waals surface area contributed by atoms with Crippen LogP contribution in [0.25, 0.3) is 0 Å². The quantitative estimate of drug-likeness (QED) is 0.489. The number of oxazole rings is 1. The summed E-state index contributed by atoms with van der Waals surface area (Å²) in [5.41, 5.74) is -1.00. The molecular weight excluding hydrogens is 458 g/mol. The van der Waals surface area contributed by atoms with Crippen molar-refractivity contribution in [3.8, 4) is 0 Å². The fourth-order valence-corrected chi connectivity index (χ4v) is 3.33. The zero-order valence-corrected chi connectivity index (χ0v) is 17.8. The second-order valence-corrected chi connectivity index (χ2v) is 7.17. The largest absolute Gasteiger partial charge is 0.436 e.